The van der Waals surface area contributed by atoms with E-state index in [1.54, 1.807) is 0 Å². The maximum atomic E-state index is 11.9. The Bertz CT molecular complexity index is 719. The maximum Gasteiger partial charge on any atom is 0.277 e. The number of hydrogen-bond donors (Lipinski definition) is 1. The summed E-state index contributed by atoms with van der Waals surface area (Å²) >= 11 is 0. The summed E-state index contributed by atoms with van der Waals surface area (Å²) in [7, 11) is 0. The molecular formula is C19H22N2O2. The van der Waals surface area contributed by atoms with Crippen LogP contribution in [0.25, 0.3) is 0 Å². The van der Waals surface area contributed by atoms with Crippen LogP contribution in [0, 0.1) is 20.8 Å². The minimum atomic E-state index is -0.280. The first-order valence-corrected chi connectivity index (χ1v) is 7.56. The predicted molar refractivity (Wildman–Crippen MR) is 92.9 cm³/mol. The molecule has 23 heavy (non-hydrogen) atoms. The molecule has 0 unspecified atom stereocenters. The molecule has 2 rings (SSSR count). The van der Waals surface area contributed by atoms with E-state index < -0.39 is 0 Å². The van der Waals surface area contributed by atoms with Gasteiger partial charge in [0, 0.05) is 0 Å². The van der Waals surface area contributed by atoms with Gasteiger partial charge in [-0.3, -0.25) is 4.79 Å². The lowest BCUT2D eigenvalue weighted by molar-refractivity contribution is -0.123. The van der Waals surface area contributed by atoms with Gasteiger partial charge in [0.25, 0.3) is 5.91 Å². The number of aryl methyl sites for hydroxylation is 2. The van der Waals surface area contributed by atoms with Crippen LogP contribution in [0.3, 0.4) is 0 Å². The third kappa shape index (κ3) is 4.68. The summed E-state index contributed by atoms with van der Waals surface area (Å²) in [5.41, 5.74) is 7.62. The normalized spacial score (nSPS) is 11.2. The number of hydrogen-bond acceptors (Lipinski definition) is 3. The SMILES string of the molecule is C/C(=N\NC(=O)COc1cccc(C)c1C)c1ccc(C)cc1. The lowest BCUT2D eigenvalue weighted by Gasteiger charge is -2.10. The summed E-state index contributed by atoms with van der Waals surface area (Å²) in [6.45, 7) is 7.81. The zero-order chi connectivity index (χ0) is 16.8. The van der Waals surface area contributed by atoms with E-state index in [4.69, 9.17) is 4.74 Å². The molecule has 120 valence electrons. The highest BCUT2D eigenvalue weighted by atomic mass is 16.5. The number of benzene rings is 2. The number of ether oxygens (including phenoxy) is 1. The summed E-state index contributed by atoms with van der Waals surface area (Å²) in [4.78, 5) is 11.9. The Hall–Kier alpha value is -2.62. The molecule has 0 saturated heterocycles. The number of hydrazone groups is 1. The number of amides is 1. The van der Waals surface area contributed by atoms with Gasteiger partial charge in [-0.25, -0.2) is 5.43 Å². The molecule has 0 radical (unpaired) electrons. The van der Waals surface area contributed by atoms with Crippen molar-refractivity contribution in [3.05, 3.63) is 64.7 Å². The third-order valence-electron chi connectivity index (χ3n) is 3.73. The number of carbonyl (C=O) groups is 1. The Morgan fingerprint density at radius 2 is 1.78 bits per heavy atom. The van der Waals surface area contributed by atoms with Crippen LogP contribution in [0.5, 0.6) is 5.75 Å². The minimum Gasteiger partial charge on any atom is -0.483 e. The summed E-state index contributed by atoms with van der Waals surface area (Å²) in [5, 5.41) is 4.11. The monoisotopic (exact) mass is 310 g/mol. The van der Waals surface area contributed by atoms with E-state index in [2.05, 4.69) is 10.5 Å². The smallest absolute Gasteiger partial charge is 0.277 e. The lowest BCUT2D eigenvalue weighted by atomic mass is 10.1. The Morgan fingerprint density at radius 3 is 2.48 bits per heavy atom. The van der Waals surface area contributed by atoms with Crippen molar-refractivity contribution >= 4 is 11.6 Å². The molecule has 0 heterocycles. The number of nitrogens with one attached hydrogen (secondary N) is 1. The molecule has 0 spiro atoms. The number of rotatable bonds is 5. The molecule has 0 aliphatic rings. The van der Waals surface area contributed by atoms with Crippen molar-refractivity contribution in [1.29, 1.82) is 0 Å². The third-order valence-corrected chi connectivity index (χ3v) is 3.73. The van der Waals surface area contributed by atoms with Gasteiger partial charge < -0.3 is 4.74 Å². The van der Waals surface area contributed by atoms with Crippen molar-refractivity contribution in [3.8, 4) is 5.75 Å². The first-order chi connectivity index (χ1) is 11.0. The highest BCUT2D eigenvalue weighted by Gasteiger charge is 2.06. The summed E-state index contributed by atoms with van der Waals surface area (Å²) < 4.78 is 5.55. The second kappa shape index (κ2) is 7.58. The highest BCUT2D eigenvalue weighted by Crippen LogP contribution is 2.20. The van der Waals surface area contributed by atoms with Crippen molar-refractivity contribution in [2.75, 3.05) is 6.61 Å². The van der Waals surface area contributed by atoms with Gasteiger partial charge in [-0.2, -0.15) is 5.10 Å². The fourth-order valence-corrected chi connectivity index (χ4v) is 2.06. The van der Waals surface area contributed by atoms with Crippen molar-refractivity contribution in [2.24, 2.45) is 5.10 Å². The van der Waals surface area contributed by atoms with Gasteiger partial charge in [-0.05, 0) is 50.5 Å². The molecule has 0 saturated carbocycles. The molecule has 0 aliphatic carbocycles. The van der Waals surface area contributed by atoms with E-state index in [-0.39, 0.29) is 12.5 Å². The molecule has 1 N–H and O–H groups in total. The van der Waals surface area contributed by atoms with E-state index in [1.807, 2.05) is 70.2 Å². The van der Waals surface area contributed by atoms with Crippen LogP contribution in [0.15, 0.2) is 47.6 Å². The van der Waals surface area contributed by atoms with Crippen molar-refractivity contribution in [1.82, 2.24) is 5.43 Å². The Labute approximate surface area is 137 Å². The van der Waals surface area contributed by atoms with Gasteiger partial charge in [0.05, 0.1) is 5.71 Å². The van der Waals surface area contributed by atoms with Gasteiger partial charge in [-0.15, -0.1) is 0 Å². The molecule has 4 nitrogen and oxygen atoms in total. The van der Waals surface area contributed by atoms with Crippen molar-refractivity contribution in [3.63, 3.8) is 0 Å². The van der Waals surface area contributed by atoms with Gasteiger partial charge in [-0.1, -0.05) is 42.0 Å². The largest absolute Gasteiger partial charge is 0.483 e. The summed E-state index contributed by atoms with van der Waals surface area (Å²) in [6.07, 6.45) is 0. The van der Waals surface area contributed by atoms with Crippen LogP contribution in [0.4, 0.5) is 0 Å². The quantitative estimate of drug-likeness (QED) is 0.678. The predicted octanol–water partition coefficient (Wildman–Crippen LogP) is 3.53. The van der Waals surface area contributed by atoms with Crippen LogP contribution in [0.1, 0.15) is 29.2 Å². The topological polar surface area (TPSA) is 50.7 Å². The van der Waals surface area contributed by atoms with Gasteiger partial charge in [0.1, 0.15) is 5.75 Å². The van der Waals surface area contributed by atoms with Crippen molar-refractivity contribution < 1.29 is 9.53 Å². The summed E-state index contributed by atoms with van der Waals surface area (Å²) in [6, 6.07) is 13.8. The fraction of sp³-hybridized carbons (Fsp3) is 0.263. The Kier molecular flexibility index (Phi) is 5.52. The molecule has 0 atom stereocenters. The first kappa shape index (κ1) is 16.7. The first-order valence-electron chi connectivity index (χ1n) is 7.56. The number of nitrogens with zero attached hydrogens (tertiary/aromatic N) is 1. The average Bonchev–Trinajstić information content (AvgIpc) is 2.54. The second-order valence-corrected chi connectivity index (χ2v) is 5.58. The molecule has 0 bridgehead atoms. The zero-order valence-corrected chi connectivity index (χ0v) is 14.0. The molecule has 0 aromatic heterocycles. The highest BCUT2D eigenvalue weighted by molar-refractivity contribution is 5.99. The molecule has 2 aromatic carbocycles. The lowest BCUT2D eigenvalue weighted by Crippen LogP contribution is -2.25. The summed E-state index contributed by atoms with van der Waals surface area (Å²) in [5.74, 6) is 0.441. The standard InChI is InChI=1S/C19H22N2O2/c1-13-8-10-17(11-9-13)16(4)20-21-19(22)12-23-18-7-5-6-14(2)15(18)3/h5-11H,12H2,1-4H3,(H,21,22)/b20-16+. The van der Waals surface area contributed by atoms with Crippen molar-refractivity contribution in [2.45, 2.75) is 27.7 Å². The van der Waals surface area contributed by atoms with E-state index in [0.29, 0.717) is 0 Å². The molecule has 4 heteroatoms. The van der Waals surface area contributed by atoms with Crippen LogP contribution in [-0.2, 0) is 4.79 Å². The van der Waals surface area contributed by atoms with Crippen LogP contribution in [0.2, 0.25) is 0 Å². The second-order valence-electron chi connectivity index (χ2n) is 5.58. The maximum absolute atomic E-state index is 11.9. The Morgan fingerprint density at radius 1 is 1.09 bits per heavy atom. The van der Waals surface area contributed by atoms with Gasteiger partial charge >= 0.3 is 0 Å². The molecular weight excluding hydrogens is 288 g/mol. The van der Waals surface area contributed by atoms with Crippen LogP contribution < -0.4 is 10.2 Å². The molecule has 2 aromatic rings. The zero-order valence-electron chi connectivity index (χ0n) is 14.0. The molecule has 1 amide bonds. The van der Waals surface area contributed by atoms with E-state index >= 15 is 0 Å². The Balaban J connectivity index is 1.91. The van der Waals surface area contributed by atoms with Gasteiger partial charge in [0.15, 0.2) is 6.61 Å². The van der Waals surface area contributed by atoms with E-state index in [0.717, 1.165) is 28.2 Å². The number of carbonyl (C=O) groups excluding carboxylic acids is 1. The average molecular weight is 310 g/mol. The molecule has 0 aliphatic heterocycles. The molecule has 0 fully saturated rings. The van der Waals surface area contributed by atoms with Crippen LogP contribution >= 0.6 is 0 Å². The van der Waals surface area contributed by atoms with Gasteiger partial charge in [0.2, 0.25) is 0 Å². The van der Waals surface area contributed by atoms with E-state index in [9.17, 15) is 4.79 Å². The fourth-order valence-electron chi connectivity index (χ4n) is 2.06. The minimum absolute atomic E-state index is 0.0605. The van der Waals surface area contributed by atoms with Crippen LogP contribution in [-0.4, -0.2) is 18.2 Å². The van der Waals surface area contributed by atoms with E-state index in [1.165, 1.54) is 5.56 Å².